The van der Waals surface area contributed by atoms with Crippen molar-refractivity contribution in [1.29, 1.82) is 0 Å². The Morgan fingerprint density at radius 1 is 1.56 bits per heavy atom. The molecule has 16 heavy (non-hydrogen) atoms. The maximum Gasteiger partial charge on any atom is 0.223 e. The first-order valence-corrected chi connectivity index (χ1v) is 5.91. The topological polar surface area (TPSA) is 51.2 Å². The Balaban J connectivity index is 2.25. The molecule has 1 aromatic rings. The number of halogens is 1. The second kappa shape index (κ2) is 6.48. The number of rotatable bonds is 5. The number of carbonyl (C=O) groups is 1. The van der Waals surface area contributed by atoms with Gasteiger partial charge in [-0.05, 0) is 41.9 Å². The average Bonchev–Trinajstić information content (AvgIpc) is 2.20. The van der Waals surface area contributed by atoms with Crippen molar-refractivity contribution < 1.29 is 9.53 Å². The molecule has 4 nitrogen and oxygen atoms in total. The molecule has 1 aromatic heterocycles. The van der Waals surface area contributed by atoms with Crippen molar-refractivity contribution in [2.75, 3.05) is 6.61 Å². The van der Waals surface area contributed by atoms with Gasteiger partial charge in [0.1, 0.15) is 10.4 Å². The lowest BCUT2D eigenvalue weighted by atomic mass is 10.3. The van der Waals surface area contributed by atoms with Crippen LogP contribution in [0.4, 0.5) is 0 Å². The molecule has 88 valence electrons. The lowest BCUT2D eigenvalue weighted by molar-refractivity contribution is -0.122. The minimum Gasteiger partial charge on any atom is -0.491 e. The fourth-order valence-corrected chi connectivity index (χ4v) is 1.34. The van der Waals surface area contributed by atoms with Crippen molar-refractivity contribution in [2.45, 2.75) is 26.3 Å². The molecule has 0 radical (unpaired) electrons. The number of amides is 1. The van der Waals surface area contributed by atoms with Gasteiger partial charge in [-0.2, -0.15) is 0 Å². The van der Waals surface area contributed by atoms with E-state index in [1.165, 1.54) is 0 Å². The summed E-state index contributed by atoms with van der Waals surface area (Å²) in [5.41, 5.74) is 0. The highest BCUT2D eigenvalue weighted by atomic mass is 79.9. The minimum absolute atomic E-state index is 0.0000656. The molecule has 0 saturated heterocycles. The molecule has 0 atom stereocenters. The number of hydrogen-bond acceptors (Lipinski definition) is 3. The van der Waals surface area contributed by atoms with E-state index in [2.05, 4.69) is 26.2 Å². The van der Waals surface area contributed by atoms with Crippen LogP contribution in [0.15, 0.2) is 22.9 Å². The number of ether oxygens (including phenoxy) is 1. The first-order chi connectivity index (χ1) is 7.58. The predicted molar refractivity (Wildman–Crippen MR) is 65.3 cm³/mol. The van der Waals surface area contributed by atoms with Gasteiger partial charge in [0, 0.05) is 6.04 Å². The van der Waals surface area contributed by atoms with Crippen LogP contribution in [0.1, 0.15) is 20.3 Å². The number of carbonyl (C=O) groups excluding carboxylic acids is 1. The highest BCUT2D eigenvalue weighted by Gasteiger charge is 2.03. The average molecular weight is 287 g/mol. The van der Waals surface area contributed by atoms with Crippen LogP contribution in [0.25, 0.3) is 0 Å². The molecule has 0 saturated carbocycles. The summed E-state index contributed by atoms with van der Waals surface area (Å²) in [5.74, 6) is 0.667. The zero-order valence-corrected chi connectivity index (χ0v) is 11.0. The van der Waals surface area contributed by atoms with Gasteiger partial charge in [-0.3, -0.25) is 4.79 Å². The molecule has 0 bridgehead atoms. The molecule has 5 heteroatoms. The highest BCUT2D eigenvalue weighted by molar-refractivity contribution is 9.10. The monoisotopic (exact) mass is 286 g/mol. The van der Waals surface area contributed by atoms with Gasteiger partial charge >= 0.3 is 0 Å². The van der Waals surface area contributed by atoms with Crippen molar-refractivity contribution in [2.24, 2.45) is 0 Å². The normalized spacial score (nSPS) is 10.2. The zero-order chi connectivity index (χ0) is 12.0. The van der Waals surface area contributed by atoms with E-state index in [1.807, 2.05) is 13.8 Å². The van der Waals surface area contributed by atoms with Gasteiger partial charge in [-0.25, -0.2) is 4.98 Å². The van der Waals surface area contributed by atoms with Crippen molar-refractivity contribution in [3.05, 3.63) is 22.9 Å². The van der Waals surface area contributed by atoms with E-state index in [1.54, 1.807) is 18.3 Å². The largest absolute Gasteiger partial charge is 0.491 e. The minimum atomic E-state index is 0.0000656. The van der Waals surface area contributed by atoms with Crippen LogP contribution in [-0.2, 0) is 4.79 Å². The predicted octanol–water partition coefficient (Wildman–Crippen LogP) is 2.14. The summed E-state index contributed by atoms with van der Waals surface area (Å²) in [7, 11) is 0. The third-order valence-corrected chi connectivity index (χ3v) is 2.22. The van der Waals surface area contributed by atoms with Crippen molar-refractivity contribution in [1.82, 2.24) is 10.3 Å². The molecule has 0 unspecified atom stereocenters. The Morgan fingerprint density at radius 2 is 2.31 bits per heavy atom. The van der Waals surface area contributed by atoms with E-state index in [4.69, 9.17) is 4.74 Å². The van der Waals surface area contributed by atoms with Gasteiger partial charge in [-0.15, -0.1) is 0 Å². The first-order valence-electron chi connectivity index (χ1n) is 5.11. The number of pyridine rings is 1. The SMILES string of the molecule is CC(C)NC(=O)CCOc1ccc(Br)nc1. The summed E-state index contributed by atoms with van der Waals surface area (Å²) in [5, 5.41) is 2.80. The molecule has 0 aromatic carbocycles. The van der Waals surface area contributed by atoms with E-state index in [-0.39, 0.29) is 11.9 Å². The molecular weight excluding hydrogens is 272 g/mol. The van der Waals surface area contributed by atoms with E-state index in [9.17, 15) is 4.79 Å². The van der Waals surface area contributed by atoms with Gasteiger partial charge < -0.3 is 10.1 Å². The number of aromatic nitrogens is 1. The summed E-state index contributed by atoms with van der Waals surface area (Å²) in [6.45, 7) is 4.22. The fraction of sp³-hybridized carbons (Fsp3) is 0.455. The molecular formula is C11H15BrN2O2. The standard InChI is InChI=1S/C11H15BrN2O2/c1-8(2)14-11(15)5-6-16-9-3-4-10(12)13-7-9/h3-4,7-8H,5-6H2,1-2H3,(H,14,15). The van der Waals surface area contributed by atoms with Crippen LogP contribution in [0.2, 0.25) is 0 Å². The van der Waals surface area contributed by atoms with Crippen molar-refractivity contribution >= 4 is 21.8 Å². The van der Waals surface area contributed by atoms with Crippen LogP contribution >= 0.6 is 15.9 Å². The number of nitrogens with zero attached hydrogens (tertiary/aromatic N) is 1. The van der Waals surface area contributed by atoms with Crippen LogP contribution in [0, 0.1) is 0 Å². The Kier molecular flexibility index (Phi) is 5.25. The first kappa shape index (κ1) is 13.0. The molecule has 0 aliphatic carbocycles. The molecule has 1 heterocycles. The Hall–Kier alpha value is -1.10. The van der Waals surface area contributed by atoms with Gasteiger partial charge in [0.15, 0.2) is 0 Å². The highest BCUT2D eigenvalue weighted by Crippen LogP contribution is 2.12. The lowest BCUT2D eigenvalue weighted by Crippen LogP contribution is -2.31. The molecule has 1 rings (SSSR count). The van der Waals surface area contributed by atoms with E-state index < -0.39 is 0 Å². The summed E-state index contributed by atoms with van der Waals surface area (Å²) < 4.78 is 6.13. The summed E-state index contributed by atoms with van der Waals surface area (Å²) in [4.78, 5) is 15.3. The number of hydrogen-bond donors (Lipinski definition) is 1. The third-order valence-electron chi connectivity index (χ3n) is 1.75. The van der Waals surface area contributed by atoms with Gasteiger partial charge in [0.25, 0.3) is 0 Å². The van der Waals surface area contributed by atoms with Crippen LogP contribution in [-0.4, -0.2) is 23.5 Å². The Bertz CT molecular complexity index is 338. The van der Waals surface area contributed by atoms with E-state index in [0.717, 1.165) is 4.60 Å². The third kappa shape index (κ3) is 5.11. The Morgan fingerprint density at radius 3 is 2.88 bits per heavy atom. The molecule has 0 aliphatic rings. The summed E-state index contributed by atoms with van der Waals surface area (Å²) >= 11 is 3.23. The quantitative estimate of drug-likeness (QED) is 0.844. The van der Waals surface area contributed by atoms with Gasteiger partial charge in [0.2, 0.25) is 5.91 Å². The molecule has 1 amide bonds. The van der Waals surface area contributed by atoms with Crippen LogP contribution in [0.3, 0.4) is 0 Å². The zero-order valence-electron chi connectivity index (χ0n) is 9.37. The molecule has 0 spiro atoms. The Labute approximate surface area is 104 Å². The molecule has 0 fully saturated rings. The lowest BCUT2D eigenvalue weighted by Gasteiger charge is -2.09. The second-order valence-corrected chi connectivity index (χ2v) is 4.45. The van der Waals surface area contributed by atoms with Crippen LogP contribution < -0.4 is 10.1 Å². The summed E-state index contributed by atoms with van der Waals surface area (Å²) in [6.07, 6.45) is 1.97. The smallest absolute Gasteiger partial charge is 0.223 e. The van der Waals surface area contributed by atoms with Crippen molar-refractivity contribution in [3.8, 4) is 5.75 Å². The van der Waals surface area contributed by atoms with E-state index >= 15 is 0 Å². The molecule has 1 N–H and O–H groups in total. The maximum atomic E-state index is 11.3. The number of nitrogens with one attached hydrogen (secondary N) is 1. The maximum absolute atomic E-state index is 11.3. The second-order valence-electron chi connectivity index (χ2n) is 3.64. The summed E-state index contributed by atoms with van der Waals surface area (Å²) in [6, 6.07) is 3.77. The van der Waals surface area contributed by atoms with Crippen LogP contribution in [0.5, 0.6) is 5.75 Å². The van der Waals surface area contributed by atoms with Crippen molar-refractivity contribution in [3.63, 3.8) is 0 Å². The fourth-order valence-electron chi connectivity index (χ4n) is 1.10. The van der Waals surface area contributed by atoms with E-state index in [0.29, 0.717) is 18.8 Å². The van der Waals surface area contributed by atoms with Gasteiger partial charge in [-0.1, -0.05) is 0 Å². The van der Waals surface area contributed by atoms with Gasteiger partial charge in [0.05, 0.1) is 19.2 Å². The molecule has 0 aliphatic heterocycles.